The van der Waals surface area contributed by atoms with Gasteiger partial charge in [-0.3, -0.25) is 10.2 Å². The van der Waals surface area contributed by atoms with E-state index in [1.54, 1.807) is 6.08 Å². The summed E-state index contributed by atoms with van der Waals surface area (Å²) in [5.41, 5.74) is 5.63. The van der Waals surface area contributed by atoms with E-state index in [2.05, 4.69) is 64.9 Å². The third-order valence-electron chi connectivity index (χ3n) is 6.63. The zero-order valence-electron chi connectivity index (χ0n) is 21.0. The maximum absolute atomic E-state index is 13.1. The minimum atomic E-state index is -0.441. The monoisotopic (exact) mass is 519 g/mol. The maximum Gasteiger partial charge on any atom is 0.283 e. The number of fused-ring (bicyclic) bond motifs is 2. The van der Waals surface area contributed by atoms with Crippen LogP contribution in [0.5, 0.6) is 5.75 Å². The van der Waals surface area contributed by atoms with Crippen molar-refractivity contribution in [1.82, 2.24) is 9.58 Å². The lowest BCUT2D eigenvalue weighted by molar-refractivity contribution is -0.114. The van der Waals surface area contributed by atoms with Crippen LogP contribution in [0.2, 0.25) is 0 Å². The van der Waals surface area contributed by atoms with Crippen LogP contribution in [0.25, 0.3) is 17.0 Å². The summed E-state index contributed by atoms with van der Waals surface area (Å²) in [6, 6.07) is 26.1. The van der Waals surface area contributed by atoms with Crippen molar-refractivity contribution in [2.75, 3.05) is 6.61 Å². The number of carbonyl (C=O) groups excluding carboxylic acids is 1. The van der Waals surface area contributed by atoms with Crippen LogP contribution in [-0.2, 0) is 11.3 Å². The van der Waals surface area contributed by atoms with E-state index in [1.165, 1.54) is 27.9 Å². The highest BCUT2D eigenvalue weighted by Gasteiger charge is 2.36. The number of hydrogen-bond donors (Lipinski definition) is 1. The molecule has 1 amide bonds. The molecule has 38 heavy (non-hydrogen) atoms. The molecule has 0 saturated heterocycles. The summed E-state index contributed by atoms with van der Waals surface area (Å²) in [6.07, 6.45) is 1.78. The second-order valence-electron chi connectivity index (χ2n) is 9.20. The average molecular weight is 520 g/mol. The van der Waals surface area contributed by atoms with Crippen LogP contribution in [0.4, 0.5) is 0 Å². The van der Waals surface area contributed by atoms with Crippen molar-refractivity contribution >= 4 is 50.7 Å². The molecule has 0 atom stereocenters. The van der Waals surface area contributed by atoms with E-state index in [4.69, 9.17) is 10.1 Å². The van der Waals surface area contributed by atoms with Crippen LogP contribution in [0, 0.1) is 19.3 Å². The van der Waals surface area contributed by atoms with Gasteiger partial charge in [0, 0.05) is 28.7 Å². The number of aliphatic imine (C=N–C) groups is 1. The molecule has 1 aromatic heterocycles. The quantitative estimate of drug-likeness (QED) is 0.317. The third kappa shape index (κ3) is 4.43. The van der Waals surface area contributed by atoms with Crippen molar-refractivity contribution in [3.05, 3.63) is 107 Å². The Morgan fingerprint density at radius 2 is 1.71 bits per heavy atom. The molecule has 1 N–H and O–H groups in total. The van der Waals surface area contributed by atoms with Crippen LogP contribution in [-0.4, -0.2) is 38.1 Å². The van der Waals surface area contributed by atoms with Gasteiger partial charge in [0.05, 0.1) is 5.57 Å². The Balaban J connectivity index is 1.32. The molecule has 0 saturated carbocycles. The average Bonchev–Trinajstić information content (AvgIpc) is 3.46. The summed E-state index contributed by atoms with van der Waals surface area (Å²) in [6.45, 7) is 5.07. The topological polar surface area (TPSA) is 83.0 Å². The number of amides is 1. The largest absolute Gasteiger partial charge is 0.487 e. The van der Waals surface area contributed by atoms with Crippen LogP contribution >= 0.6 is 11.8 Å². The van der Waals surface area contributed by atoms with Gasteiger partial charge in [-0.15, -0.1) is 0 Å². The summed E-state index contributed by atoms with van der Waals surface area (Å²) in [4.78, 5) is 17.3. The number of hydrazone groups is 1. The Morgan fingerprint density at radius 1 is 0.974 bits per heavy atom. The molecule has 0 radical (unpaired) electrons. The lowest BCUT2D eigenvalue weighted by Crippen LogP contribution is -2.35. The second-order valence-corrected chi connectivity index (χ2v) is 10.2. The van der Waals surface area contributed by atoms with Crippen molar-refractivity contribution in [3.8, 4) is 5.75 Å². The Hall–Kier alpha value is -4.43. The van der Waals surface area contributed by atoms with Gasteiger partial charge in [0.2, 0.25) is 5.17 Å². The number of aromatic nitrogens is 1. The third-order valence-corrected chi connectivity index (χ3v) is 7.51. The van der Waals surface area contributed by atoms with E-state index in [1.807, 2.05) is 42.5 Å². The van der Waals surface area contributed by atoms with Gasteiger partial charge in [0.25, 0.3) is 5.91 Å². The number of carbonyl (C=O) groups is 1. The molecule has 8 heteroatoms. The van der Waals surface area contributed by atoms with Crippen LogP contribution in [0.15, 0.2) is 94.5 Å². The molecule has 4 aromatic rings. The first-order valence-corrected chi connectivity index (χ1v) is 13.1. The molecule has 0 spiro atoms. The number of benzene rings is 3. The van der Waals surface area contributed by atoms with Crippen molar-refractivity contribution < 1.29 is 9.53 Å². The molecule has 188 valence electrons. The zero-order valence-corrected chi connectivity index (χ0v) is 21.8. The summed E-state index contributed by atoms with van der Waals surface area (Å²) in [5, 5.41) is 16.8. The van der Waals surface area contributed by atoms with Gasteiger partial charge in [0.15, 0.2) is 5.84 Å². The van der Waals surface area contributed by atoms with E-state index in [-0.39, 0.29) is 18.0 Å². The maximum atomic E-state index is 13.1. The predicted octanol–water partition coefficient (Wildman–Crippen LogP) is 6.00. The van der Waals surface area contributed by atoms with Gasteiger partial charge in [0.1, 0.15) is 17.4 Å². The lowest BCUT2D eigenvalue weighted by atomic mass is 10.1. The Labute approximate surface area is 224 Å². The van der Waals surface area contributed by atoms with E-state index in [9.17, 15) is 4.79 Å². The van der Waals surface area contributed by atoms with E-state index in [0.717, 1.165) is 27.9 Å². The zero-order chi connectivity index (χ0) is 26.2. The Kier molecular flexibility index (Phi) is 6.17. The molecular weight excluding hydrogens is 494 g/mol. The highest BCUT2D eigenvalue weighted by atomic mass is 32.2. The van der Waals surface area contributed by atoms with Crippen LogP contribution < -0.4 is 4.74 Å². The summed E-state index contributed by atoms with van der Waals surface area (Å²) < 4.78 is 8.05. The fourth-order valence-electron chi connectivity index (χ4n) is 4.62. The van der Waals surface area contributed by atoms with Gasteiger partial charge < -0.3 is 9.30 Å². The van der Waals surface area contributed by atoms with Crippen molar-refractivity contribution in [2.24, 2.45) is 10.1 Å². The van der Waals surface area contributed by atoms with Gasteiger partial charge in [-0.25, -0.2) is 0 Å². The number of hydrogen-bond acceptors (Lipinski definition) is 5. The van der Waals surface area contributed by atoms with Crippen molar-refractivity contribution in [3.63, 3.8) is 0 Å². The molecule has 0 aliphatic carbocycles. The number of amidine groups is 2. The van der Waals surface area contributed by atoms with Crippen LogP contribution in [0.3, 0.4) is 0 Å². The SMILES string of the molecule is Cc1ccc(Cn2c(C)c(C=C3C(=N)N4N=C(COc5ccccc5)SC4=NC3=O)c3ccccc32)cc1. The van der Waals surface area contributed by atoms with E-state index in [0.29, 0.717) is 16.8 Å². The fourth-order valence-corrected chi connectivity index (χ4v) is 5.41. The highest BCUT2D eigenvalue weighted by molar-refractivity contribution is 8.27. The molecule has 0 unspecified atom stereocenters. The fraction of sp³-hybridized carbons (Fsp3) is 0.133. The molecule has 0 bridgehead atoms. The minimum absolute atomic E-state index is 0.0111. The standard InChI is InChI=1S/C30H25N5O2S/c1-19-12-14-21(15-13-19)17-34-20(2)24(23-10-6-7-11-26(23)34)16-25-28(31)35-30(32-29(25)36)38-27(33-35)18-37-22-8-4-3-5-9-22/h3-16,31H,17-18H2,1-2H3. The predicted molar refractivity (Wildman–Crippen MR) is 154 cm³/mol. The number of thioether (sulfide) groups is 1. The first kappa shape index (κ1) is 23.9. The number of nitrogens with zero attached hydrogens (tertiary/aromatic N) is 4. The number of aryl methyl sites for hydroxylation is 1. The highest BCUT2D eigenvalue weighted by Crippen LogP contribution is 2.32. The Morgan fingerprint density at radius 3 is 2.50 bits per heavy atom. The normalized spacial score (nSPS) is 16.2. The number of nitrogens with one attached hydrogen (secondary N) is 1. The van der Waals surface area contributed by atoms with Gasteiger partial charge in [-0.1, -0.05) is 66.2 Å². The second kappa shape index (κ2) is 9.79. The number of rotatable bonds is 6. The summed E-state index contributed by atoms with van der Waals surface area (Å²) in [7, 11) is 0. The first-order chi connectivity index (χ1) is 18.5. The minimum Gasteiger partial charge on any atom is -0.487 e. The molecule has 2 aliphatic heterocycles. The van der Waals surface area contributed by atoms with Gasteiger partial charge >= 0.3 is 0 Å². The molecule has 7 nitrogen and oxygen atoms in total. The Bertz CT molecular complexity index is 1670. The van der Waals surface area contributed by atoms with Crippen molar-refractivity contribution in [2.45, 2.75) is 20.4 Å². The molecule has 3 aromatic carbocycles. The molecule has 6 rings (SSSR count). The van der Waals surface area contributed by atoms with Crippen LogP contribution in [0.1, 0.15) is 22.4 Å². The molecular formula is C30H25N5O2S. The van der Waals surface area contributed by atoms with Gasteiger partial charge in [-0.05, 0) is 55.4 Å². The van der Waals surface area contributed by atoms with Gasteiger partial charge in [-0.2, -0.15) is 15.1 Å². The van der Waals surface area contributed by atoms with Crippen molar-refractivity contribution in [1.29, 1.82) is 5.41 Å². The van der Waals surface area contributed by atoms with E-state index >= 15 is 0 Å². The molecule has 0 fully saturated rings. The first-order valence-electron chi connectivity index (χ1n) is 12.3. The number of para-hydroxylation sites is 2. The molecule has 3 heterocycles. The smallest absolute Gasteiger partial charge is 0.283 e. The summed E-state index contributed by atoms with van der Waals surface area (Å²) in [5.74, 6) is 0.299. The lowest BCUT2D eigenvalue weighted by Gasteiger charge is -2.20. The molecule has 2 aliphatic rings. The van der Waals surface area contributed by atoms with E-state index < -0.39 is 5.91 Å². The summed E-state index contributed by atoms with van der Waals surface area (Å²) >= 11 is 1.25. The number of ether oxygens (including phenoxy) is 1.